The highest BCUT2D eigenvalue weighted by atomic mass is 15.4. The van der Waals surface area contributed by atoms with Gasteiger partial charge in [-0.15, -0.1) is 5.10 Å². The van der Waals surface area contributed by atoms with Gasteiger partial charge in [-0.25, -0.2) is 0 Å². The lowest BCUT2D eigenvalue weighted by Crippen LogP contribution is -2.29. The van der Waals surface area contributed by atoms with Gasteiger partial charge in [0.2, 0.25) is 0 Å². The second-order valence-corrected chi connectivity index (χ2v) is 3.52. The van der Waals surface area contributed by atoms with E-state index in [1.165, 1.54) is 0 Å². The molecular formula is C8H15N5. The van der Waals surface area contributed by atoms with Crippen molar-refractivity contribution in [1.29, 1.82) is 0 Å². The van der Waals surface area contributed by atoms with Crippen LogP contribution in [0, 0.1) is 0 Å². The Morgan fingerprint density at radius 2 is 2.38 bits per heavy atom. The van der Waals surface area contributed by atoms with Gasteiger partial charge in [-0.05, 0) is 13.0 Å². The minimum Gasteiger partial charge on any atom is -0.326 e. The Morgan fingerprint density at radius 1 is 1.46 bits per heavy atom. The van der Waals surface area contributed by atoms with Gasteiger partial charge in [-0.1, -0.05) is 5.21 Å². The first-order chi connectivity index (χ1) is 6.34. The van der Waals surface area contributed by atoms with Crippen molar-refractivity contribution < 1.29 is 0 Å². The number of nitrogens with two attached hydrogens (primary N) is 1. The Morgan fingerprint density at radius 3 is 3.00 bits per heavy atom. The zero-order valence-electron chi connectivity index (χ0n) is 7.63. The molecule has 0 amide bonds. The molecule has 2 rings (SSSR count). The molecule has 1 aromatic heterocycles. The summed E-state index contributed by atoms with van der Waals surface area (Å²) < 4.78 is 1.85. The van der Waals surface area contributed by atoms with E-state index < -0.39 is 0 Å². The number of likely N-dealkylation sites (tertiary alicyclic amines) is 1. The molecule has 0 aromatic carbocycles. The number of nitrogens with zero attached hydrogens (tertiary/aromatic N) is 4. The van der Waals surface area contributed by atoms with Crippen LogP contribution in [-0.2, 0) is 6.54 Å². The largest absolute Gasteiger partial charge is 0.326 e. The molecule has 1 unspecified atom stereocenters. The predicted molar refractivity (Wildman–Crippen MR) is 49.1 cm³/mol. The van der Waals surface area contributed by atoms with E-state index in [4.69, 9.17) is 5.73 Å². The Hall–Kier alpha value is -0.940. The molecule has 1 saturated heterocycles. The SMILES string of the molecule is NC1CCN(CCn2ccnn2)C1. The topological polar surface area (TPSA) is 60.0 Å². The van der Waals surface area contributed by atoms with Crippen LogP contribution in [0.3, 0.4) is 0 Å². The lowest BCUT2D eigenvalue weighted by Gasteiger charge is -2.14. The molecule has 1 atom stereocenters. The molecule has 13 heavy (non-hydrogen) atoms. The molecule has 0 aliphatic carbocycles. The summed E-state index contributed by atoms with van der Waals surface area (Å²) in [5, 5.41) is 7.66. The smallest absolute Gasteiger partial charge is 0.0692 e. The molecule has 2 N–H and O–H groups in total. The van der Waals surface area contributed by atoms with E-state index in [0.717, 1.165) is 32.6 Å². The van der Waals surface area contributed by atoms with Crippen LogP contribution in [0.25, 0.3) is 0 Å². The van der Waals surface area contributed by atoms with Crippen LogP contribution < -0.4 is 5.73 Å². The summed E-state index contributed by atoms with van der Waals surface area (Å²) >= 11 is 0. The van der Waals surface area contributed by atoms with Crippen LogP contribution in [0.4, 0.5) is 0 Å². The lowest BCUT2D eigenvalue weighted by atomic mass is 10.3. The molecule has 0 bridgehead atoms. The van der Waals surface area contributed by atoms with Crippen LogP contribution in [-0.4, -0.2) is 45.6 Å². The molecule has 1 aliphatic heterocycles. The van der Waals surface area contributed by atoms with Crippen LogP contribution in [0.2, 0.25) is 0 Å². The molecule has 1 aromatic rings. The highest BCUT2D eigenvalue weighted by Gasteiger charge is 2.18. The van der Waals surface area contributed by atoms with Crippen molar-refractivity contribution in [3.8, 4) is 0 Å². The number of hydrogen-bond donors (Lipinski definition) is 1. The van der Waals surface area contributed by atoms with E-state index in [1.807, 2.05) is 10.9 Å². The summed E-state index contributed by atoms with van der Waals surface area (Å²) in [6.45, 7) is 4.08. The van der Waals surface area contributed by atoms with Crippen molar-refractivity contribution >= 4 is 0 Å². The van der Waals surface area contributed by atoms with Gasteiger partial charge in [0.25, 0.3) is 0 Å². The zero-order valence-corrected chi connectivity index (χ0v) is 7.63. The van der Waals surface area contributed by atoms with E-state index in [2.05, 4.69) is 15.2 Å². The van der Waals surface area contributed by atoms with Gasteiger partial charge in [0.05, 0.1) is 12.7 Å². The van der Waals surface area contributed by atoms with Crippen molar-refractivity contribution in [3.63, 3.8) is 0 Å². The molecule has 2 heterocycles. The molecule has 5 nitrogen and oxygen atoms in total. The Bertz CT molecular complexity index is 245. The van der Waals surface area contributed by atoms with Crippen molar-refractivity contribution in [2.45, 2.75) is 19.0 Å². The van der Waals surface area contributed by atoms with E-state index in [1.54, 1.807) is 6.20 Å². The van der Waals surface area contributed by atoms with Crippen molar-refractivity contribution in [3.05, 3.63) is 12.4 Å². The van der Waals surface area contributed by atoms with Gasteiger partial charge in [0, 0.05) is 25.3 Å². The van der Waals surface area contributed by atoms with E-state index in [9.17, 15) is 0 Å². The summed E-state index contributed by atoms with van der Waals surface area (Å²) in [6, 6.07) is 0.371. The minimum atomic E-state index is 0.371. The van der Waals surface area contributed by atoms with Crippen molar-refractivity contribution in [2.75, 3.05) is 19.6 Å². The Labute approximate surface area is 77.5 Å². The lowest BCUT2D eigenvalue weighted by molar-refractivity contribution is 0.310. The summed E-state index contributed by atoms with van der Waals surface area (Å²) in [5.74, 6) is 0. The molecule has 0 saturated carbocycles. The van der Waals surface area contributed by atoms with Crippen molar-refractivity contribution in [1.82, 2.24) is 19.9 Å². The van der Waals surface area contributed by atoms with Gasteiger partial charge >= 0.3 is 0 Å². The maximum Gasteiger partial charge on any atom is 0.0692 e. The zero-order chi connectivity index (χ0) is 9.10. The molecule has 1 fully saturated rings. The highest BCUT2D eigenvalue weighted by Crippen LogP contribution is 2.05. The van der Waals surface area contributed by atoms with E-state index >= 15 is 0 Å². The average molecular weight is 181 g/mol. The fourth-order valence-electron chi connectivity index (χ4n) is 1.66. The maximum atomic E-state index is 5.80. The van der Waals surface area contributed by atoms with Crippen LogP contribution >= 0.6 is 0 Å². The molecule has 0 radical (unpaired) electrons. The predicted octanol–water partition coefficient (Wildman–Crippen LogP) is -0.689. The quantitative estimate of drug-likeness (QED) is 0.670. The summed E-state index contributed by atoms with van der Waals surface area (Å²) in [6.07, 6.45) is 4.71. The first-order valence-electron chi connectivity index (χ1n) is 4.66. The normalized spacial score (nSPS) is 23.9. The second-order valence-electron chi connectivity index (χ2n) is 3.52. The molecule has 72 valence electrons. The van der Waals surface area contributed by atoms with Gasteiger partial charge in [0.15, 0.2) is 0 Å². The highest BCUT2D eigenvalue weighted by molar-refractivity contribution is 4.77. The number of hydrogen-bond acceptors (Lipinski definition) is 4. The maximum absolute atomic E-state index is 5.80. The Kier molecular flexibility index (Phi) is 2.56. The van der Waals surface area contributed by atoms with Gasteiger partial charge < -0.3 is 5.73 Å². The summed E-state index contributed by atoms with van der Waals surface area (Å²) in [4.78, 5) is 2.37. The van der Waals surface area contributed by atoms with Crippen LogP contribution in [0.1, 0.15) is 6.42 Å². The second kappa shape index (κ2) is 3.85. The first-order valence-corrected chi connectivity index (χ1v) is 4.66. The third kappa shape index (κ3) is 2.26. The Balaban J connectivity index is 1.74. The third-order valence-corrected chi connectivity index (χ3v) is 2.43. The van der Waals surface area contributed by atoms with Gasteiger partial charge in [-0.3, -0.25) is 9.58 Å². The number of rotatable bonds is 3. The monoisotopic (exact) mass is 181 g/mol. The summed E-state index contributed by atoms with van der Waals surface area (Å²) in [7, 11) is 0. The van der Waals surface area contributed by atoms with Crippen LogP contribution in [0.5, 0.6) is 0 Å². The van der Waals surface area contributed by atoms with E-state index in [-0.39, 0.29) is 0 Å². The minimum absolute atomic E-state index is 0.371. The first kappa shape index (κ1) is 8.65. The molecule has 1 aliphatic rings. The fourth-order valence-corrected chi connectivity index (χ4v) is 1.66. The third-order valence-electron chi connectivity index (χ3n) is 2.43. The standard InChI is InChI=1S/C8H15N5/c9-8-1-3-12(7-8)5-6-13-4-2-10-11-13/h2,4,8H,1,3,5-7,9H2. The van der Waals surface area contributed by atoms with Gasteiger partial charge in [0.1, 0.15) is 0 Å². The average Bonchev–Trinajstić information content (AvgIpc) is 2.71. The summed E-state index contributed by atoms with van der Waals surface area (Å²) in [5.41, 5.74) is 5.80. The van der Waals surface area contributed by atoms with Crippen molar-refractivity contribution in [2.24, 2.45) is 5.73 Å². The molecular weight excluding hydrogens is 166 g/mol. The van der Waals surface area contributed by atoms with Crippen LogP contribution in [0.15, 0.2) is 12.4 Å². The molecule has 0 spiro atoms. The van der Waals surface area contributed by atoms with E-state index in [0.29, 0.717) is 6.04 Å². The number of aromatic nitrogens is 3. The van der Waals surface area contributed by atoms with Gasteiger partial charge in [-0.2, -0.15) is 0 Å². The fraction of sp³-hybridized carbons (Fsp3) is 0.750. The molecule has 5 heteroatoms.